The summed E-state index contributed by atoms with van der Waals surface area (Å²) in [7, 11) is -3.61. The number of ether oxygens (including phenoxy) is 1. The molecule has 152 valence electrons. The highest BCUT2D eigenvalue weighted by molar-refractivity contribution is 7.87. The number of esters is 1. The van der Waals surface area contributed by atoms with Crippen LogP contribution in [0.4, 0.5) is 0 Å². The SMILES string of the molecule is CCOC(=O)CCC(=O)N(Cc1cccc(OS(=O)(=O)CC)c1)[C@H](C)CC. The monoisotopic (exact) mass is 399 g/mol. The Morgan fingerprint density at radius 2 is 1.85 bits per heavy atom. The summed E-state index contributed by atoms with van der Waals surface area (Å²) in [6.07, 6.45) is 0.868. The molecule has 0 aromatic heterocycles. The van der Waals surface area contributed by atoms with Crippen molar-refractivity contribution in [3.63, 3.8) is 0 Å². The van der Waals surface area contributed by atoms with Crippen molar-refractivity contribution in [3.05, 3.63) is 29.8 Å². The highest BCUT2D eigenvalue weighted by atomic mass is 32.2. The third-order valence-electron chi connectivity index (χ3n) is 4.12. The first-order valence-corrected chi connectivity index (χ1v) is 10.8. The zero-order chi connectivity index (χ0) is 20.4. The topological polar surface area (TPSA) is 90.0 Å². The third-order valence-corrected chi connectivity index (χ3v) is 5.27. The zero-order valence-corrected chi connectivity index (χ0v) is 17.3. The minimum atomic E-state index is -3.61. The van der Waals surface area contributed by atoms with E-state index in [0.717, 1.165) is 12.0 Å². The molecule has 1 rings (SSSR count). The van der Waals surface area contributed by atoms with E-state index in [4.69, 9.17) is 8.92 Å². The molecule has 0 fully saturated rings. The van der Waals surface area contributed by atoms with E-state index in [1.807, 2.05) is 13.8 Å². The van der Waals surface area contributed by atoms with Gasteiger partial charge in [0.1, 0.15) is 5.75 Å². The van der Waals surface area contributed by atoms with E-state index in [0.29, 0.717) is 6.54 Å². The summed E-state index contributed by atoms with van der Waals surface area (Å²) in [5, 5.41) is 0. The summed E-state index contributed by atoms with van der Waals surface area (Å²) in [5.74, 6) is -0.444. The van der Waals surface area contributed by atoms with Gasteiger partial charge in [0.15, 0.2) is 0 Å². The molecule has 0 unspecified atom stereocenters. The Morgan fingerprint density at radius 3 is 2.44 bits per heavy atom. The van der Waals surface area contributed by atoms with E-state index < -0.39 is 16.1 Å². The maximum absolute atomic E-state index is 12.6. The zero-order valence-electron chi connectivity index (χ0n) is 16.4. The number of carbonyl (C=O) groups is 2. The van der Waals surface area contributed by atoms with Crippen LogP contribution in [0.15, 0.2) is 24.3 Å². The van der Waals surface area contributed by atoms with Crippen LogP contribution in [0, 0.1) is 0 Å². The van der Waals surface area contributed by atoms with Crippen molar-refractivity contribution in [2.75, 3.05) is 12.4 Å². The van der Waals surface area contributed by atoms with E-state index in [-0.39, 0.29) is 42.9 Å². The lowest BCUT2D eigenvalue weighted by atomic mass is 10.1. The number of rotatable bonds is 11. The molecule has 0 saturated carbocycles. The van der Waals surface area contributed by atoms with Crippen molar-refractivity contribution in [2.24, 2.45) is 0 Å². The maximum Gasteiger partial charge on any atom is 0.308 e. The maximum atomic E-state index is 12.6. The molecule has 1 aromatic carbocycles. The van der Waals surface area contributed by atoms with Crippen LogP contribution in [-0.4, -0.2) is 43.6 Å². The van der Waals surface area contributed by atoms with Crippen molar-refractivity contribution < 1.29 is 26.9 Å². The molecule has 0 aliphatic heterocycles. The van der Waals surface area contributed by atoms with Gasteiger partial charge in [-0.1, -0.05) is 19.1 Å². The highest BCUT2D eigenvalue weighted by Gasteiger charge is 2.21. The van der Waals surface area contributed by atoms with Crippen LogP contribution < -0.4 is 4.18 Å². The average molecular weight is 400 g/mol. The number of benzene rings is 1. The molecule has 0 aliphatic carbocycles. The van der Waals surface area contributed by atoms with Gasteiger partial charge in [-0.15, -0.1) is 0 Å². The van der Waals surface area contributed by atoms with Crippen molar-refractivity contribution in [1.82, 2.24) is 4.90 Å². The molecule has 0 radical (unpaired) electrons. The standard InChI is InChI=1S/C19H29NO6S/c1-5-15(4)20(18(21)11-12-19(22)25-6-2)14-16-9-8-10-17(13-16)26-27(23,24)7-3/h8-10,13,15H,5-7,11-12,14H2,1-4H3/t15-/m1/s1. The van der Waals surface area contributed by atoms with Crippen LogP contribution in [0.25, 0.3) is 0 Å². The summed E-state index contributed by atoms with van der Waals surface area (Å²) in [6, 6.07) is 6.64. The predicted molar refractivity (Wildman–Crippen MR) is 103 cm³/mol. The van der Waals surface area contributed by atoms with Gasteiger partial charge in [0.2, 0.25) is 5.91 Å². The quantitative estimate of drug-likeness (QED) is 0.420. The van der Waals surface area contributed by atoms with Gasteiger partial charge in [-0.3, -0.25) is 9.59 Å². The minimum absolute atomic E-state index is 0.0244. The van der Waals surface area contributed by atoms with Gasteiger partial charge in [0, 0.05) is 19.0 Å². The second-order valence-corrected chi connectivity index (χ2v) is 8.02. The number of nitrogens with zero attached hydrogens (tertiary/aromatic N) is 1. The van der Waals surface area contributed by atoms with Gasteiger partial charge in [0.25, 0.3) is 0 Å². The van der Waals surface area contributed by atoms with E-state index >= 15 is 0 Å². The molecule has 0 saturated heterocycles. The van der Waals surface area contributed by atoms with E-state index in [2.05, 4.69) is 0 Å². The molecule has 1 aromatic rings. The fourth-order valence-corrected chi connectivity index (χ4v) is 2.91. The van der Waals surface area contributed by atoms with Gasteiger partial charge in [0.05, 0.1) is 18.8 Å². The Labute approximate surface area is 161 Å². The van der Waals surface area contributed by atoms with Crippen LogP contribution in [0.5, 0.6) is 5.75 Å². The predicted octanol–water partition coefficient (Wildman–Crippen LogP) is 2.89. The van der Waals surface area contributed by atoms with Gasteiger partial charge < -0.3 is 13.8 Å². The second-order valence-electron chi connectivity index (χ2n) is 6.16. The van der Waals surface area contributed by atoms with E-state index in [1.54, 1.807) is 36.1 Å². The lowest BCUT2D eigenvalue weighted by molar-refractivity contribution is -0.146. The Bertz CT molecular complexity index is 731. The Morgan fingerprint density at radius 1 is 1.15 bits per heavy atom. The van der Waals surface area contributed by atoms with Crippen LogP contribution >= 0.6 is 0 Å². The fraction of sp³-hybridized carbons (Fsp3) is 0.579. The van der Waals surface area contributed by atoms with Gasteiger partial charge in [-0.2, -0.15) is 8.42 Å². The first kappa shape index (κ1) is 23.0. The van der Waals surface area contributed by atoms with E-state index in [1.165, 1.54) is 6.92 Å². The molecule has 0 spiro atoms. The summed E-state index contributed by atoms with van der Waals surface area (Å²) >= 11 is 0. The average Bonchev–Trinajstić information content (AvgIpc) is 2.63. The summed E-state index contributed by atoms with van der Waals surface area (Å²) in [4.78, 5) is 25.8. The van der Waals surface area contributed by atoms with Crippen LogP contribution in [-0.2, 0) is 31.0 Å². The molecule has 27 heavy (non-hydrogen) atoms. The Balaban J connectivity index is 2.88. The Kier molecular flexibility index (Phi) is 9.28. The number of amides is 1. The lowest BCUT2D eigenvalue weighted by Crippen LogP contribution is -2.38. The molecule has 8 heteroatoms. The molecule has 0 heterocycles. The minimum Gasteiger partial charge on any atom is -0.466 e. The normalized spacial score (nSPS) is 12.3. The molecule has 0 N–H and O–H groups in total. The summed E-state index contributed by atoms with van der Waals surface area (Å²) in [5.41, 5.74) is 0.753. The second kappa shape index (κ2) is 10.9. The van der Waals surface area contributed by atoms with Gasteiger partial charge in [-0.25, -0.2) is 0 Å². The third kappa shape index (κ3) is 7.99. The van der Waals surface area contributed by atoms with Crippen molar-refractivity contribution in [1.29, 1.82) is 0 Å². The molecule has 0 bridgehead atoms. The van der Waals surface area contributed by atoms with Gasteiger partial charge >= 0.3 is 16.1 Å². The first-order chi connectivity index (χ1) is 12.7. The first-order valence-electron chi connectivity index (χ1n) is 9.18. The molecular weight excluding hydrogens is 370 g/mol. The molecule has 1 atom stereocenters. The number of hydrogen-bond donors (Lipinski definition) is 0. The van der Waals surface area contributed by atoms with Crippen molar-refractivity contribution in [2.45, 2.75) is 59.5 Å². The van der Waals surface area contributed by atoms with Crippen LogP contribution in [0.3, 0.4) is 0 Å². The summed E-state index contributed by atoms with van der Waals surface area (Å²) < 4.78 is 33.2. The lowest BCUT2D eigenvalue weighted by Gasteiger charge is -2.29. The molecular formula is C19H29NO6S. The summed E-state index contributed by atoms with van der Waals surface area (Å²) in [6.45, 7) is 7.73. The van der Waals surface area contributed by atoms with Crippen LogP contribution in [0.2, 0.25) is 0 Å². The van der Waals surface area contributed by atoms with Gasteiger partial charge in [-0.05, 0) is 44.9 Å². The number of carbonyl (C=O) groups excluding carboxylic acids is 2. The smallest absolute Gasteiger partial charge is 0.308 e. The largest absolute Gasteiger partial charge is 0.466 e. The van der Waals surface area contributed by atoms with E-state index in [9.17, 15) is 18.0 Å². The van der Waals surface area contributed by atoms with Crippen LogP contribution in [0.1, 0.15) is 52.5 Å². The van der Waals surface area contributed by atoms with Crippen molar-refractivity contribution >= 4 is 22.0 Å². The fourth-order valence-electron chi connectivity index (χ4n) is 2.39. The molecule has 7 nitrogen and oxygen atoms in total. The number of hydrogen-bond acceptors (Lipinski definition) is 6. The highest BCUT2D eigenvalue weighted by Crippen LogP contribution is 2.19. The Hall–Kier alpha value is -2.09. The molecule has 1 amide bonds. The van der Waals surface area contributed by atoms with Crippen molar-refractivity contribution in [3.8, 4) is 5.75 Å². The molecule has 0 aliphatic rings.